The van der Waals surface area contributed by atoms with E-state index in [0.29, 0.717) is 11.9 Å². The van der Waals surface area contributed by atoms with Crippen molar-refractivity contribution in [3.05, 3.63) is 96.1 Å². The fourth-order valence-electron chi connectivity index (χ4n) is 3.46. The normalized spacial score (nSPS) is 11.1. The van der Waals surface area contributed by atoms with Crippen LogP contribution in [-0.2, 0) is 22.6 Å². The lowest BCUT2D eigenvalue weighted by Gasteiger charge is -2.06. The first-order chi connectivity index (χ1) is 15.6. The number of rotatable bonds is 7. The molecule has 0 unspecified atom stereocenters. The van der Waals surface area contributed by atoms with E-state index in [0.717, 1.165) is 16.6 Å². The topological polar surface area (TPSA) is 96.1 Å². The average Bonchev–Trinajstić information content (AvgIpc) is 3.08. The van der Waals surface area contributed by atoms with Crippen LogP contribution in [0.25, 0.3) is 10.9 Å². The third-order valence-corrected chi connectivity index (χ3v) is 5.01. The van der Waals surface area contributed by atoms with E-state index in [4.69, 9.17) is 0 Å². The van der Waals surface area contributed by atoms with Gasteiger partial charge in [0.1, 0.15) is 6.54 Å². The highest BCUT2D eigenvalue weighted by Crippen LogP contribution is 2.39. The van der Waals surface area contributed by atoms with Gasteiger partial charge >= 0.3 is 0 Å². The second-order valence-corrected chi connectivity index (χ2v) is 7.29. The molecule has 0 spiro atoms. The Balaban J connectivity index is 1.47. The number of aromatic nitrogens is 1. The van der Waals surface area contributed by atoms with Gasteiger partial charge in [-0.1, -0.05) is 78.9 Å². The molecule has 0 atom stereocenters. The van der Waals surface area contributed by atoms with Gasteiger partial charge in [-0.2, -0.15) is 0 Å². The summed E-state index contributed by atoms with van der Waals surface area (Å²) in [4.78, 5) is 24.2. The number of benzene rings is 3. The summed E-state index contributed by atoms with van der Waals surface area (Å²) in [6, 6.07) is 26.4. The summed E-state index contributed by atoms with van der Waals surface area (Å²) in [5.41, 5.74) is 2.88. The zero-order chi connectivity index (χ0) is 22.3. The molecule has 160 valence electrons. The second kappa shape index (κ2) is 9.70. The zero-order valence-electron chi connectivity index (χ0n) is 17.3. The Morgan fingerprint density at radius 3 is 2.19 bits per heavy atom. The summed E-state index contributed by atoms with van der Waals surface area (Å²) < 4.78 is 1.73. The van der Waals surface area contributed by atoms with Crippen LogP contribution in [0.2, 0.25) is 0 Å². The van der Waals surface area contributed by atoms with Gasteiger partial charge in [-0.05, 0) is 17.2 Å². The number of para-hydroxylation sites is 1. The number of carbonyl (C=O) groups excluding carboxylic acids is 2. The van der Waals surface area contributed by atoms with Crippen LogP contribution in [0, 0.1) is 0 Å². The molecule has 4 rings (SSSR count). The van der Waals surface area contributed by atoms with E-state index in [1.807, 2.05) is 84.9 Å². The predicted molar refractivity (Wildman–Crippen MR) is 122 cm³/mol. The molecule has 0 bridgehead atoms. The van der Waals surface area contributed by atoms with E-state index >= 15 is 0 Å². The second-order valence-electron chi connectivity index (χ2n) is 7.29. The minimum atomic E-state index is -0.606. The van der Waals surface area contributed by atoms with Crippen molar-refractivity contribution in [3.8, 4) is 5.88 Å². The lowest BCUT2D eigenvalue weighted by atomic mass is 10.1. The van der Waals surface area contributed by atoms with Gasteiger partial charge in [0.25, 0.3) is 5.91 Å². The van der Waals surface area contributed by atoms with E-state index in [1.54, 1.807) is 4.57 Å². The van der Waals surface area contributed by atoms with Crippen molar-refractivity contribution in [2.75, 3.05) is 6.54 Å². The van der Waals surface area contributed by atoms with Gasteiger partial charge in [0.2, 0.25) is 11.8 Å². The van der Waals surface area contributed by atoms with Gasteiger partial charge in [-0.15, -0.1) is 10.2 Å². The van der Waals surface area contributed by atoms with Gasteiger partial charge in [0.05, 0.1) is 18.5 Å². The Labute approximate surface area is 185 Å². The number of amides is 2. The monoisotopic (exact) mass is 426 g/mol. The highest BCUT2D eigenvalue weighted by molar-refractivity contribution is 5.95. The fourth-order valence-corrected chi connectivity index (χ4v) is 3.46. The predicted octanol–water partition coefficient (Wildman–Crippen LogP) is 4.36. The average molecular weight is 426 g/mol. The highest BCUT2D eigenvalue weighted by atomic mass is 16.3. The largest absolute Gasteiger partial charge is 0.493 e. The van der Waals surface area contributed by atoms with Gasteiger partial charge in [-0.3, -0.25) is 9.59 Å². The third-order valence-electron chi connectivity index (χ3n) is 5.01. The molecule has 1 aromatic heterocycles. The third kappa shape index (κ3) is 4.89. The Morgan fingerprint density at radius 1 is 0.844 bits per heavy atom. The van der Waals surface area contributed by atoms with Crippen molar-refractivity contribution in [2.24, 2.45) is 10.2 Å². The molecule has 0 radical (unpaired) electrons. The number of carbonyl (C=O) groups is 2. The SMILES string of the molecule is O=C(CNC(=O)Cc1ccccc1)N=Nc1c(O)n(Cc2ccccc2)c2ccccc12. The molecule has 0 fully saturated rings. The molecule has 2 amide bonds. The molecule has 0 aliphatic heterocycles. The molecule has 0 saturated heterocycles. The molecule has 0 aliphatic rings. The molecule has 0 aliphatic carbocycles. The molecule has 32 heavy (non-hydrogen) atoms. The molecule has 3 aromatic carbocycles. The van der Waals surface area contributed by atoms with Crippen LogP contribution >= 0.6 is 0 Å². The van der Waals surface area contributed by atoms with Gasteiger partial charge < -0.3 is 15.0 Å². The Hall–Kier alpha value is -4.26. The van der Waals surface area contributed by atoms with Crippen molar-refractivity contribution in [3.63, 3.8) is 0 Å². The van der Waals surface area contributed by atoms with Crippen molar-refractivity contribution in [1.82, 2.24) is 9.88 Å². The van der Waals surface area contributed by atoms with Gasteiger partial charge in [0.15, 0.2) is 5.69 Å². The first kappa shape index (κ1) is 21.0. The molecule has 7 nitrogen and oxygen atoms in total. The highest BCUT2D eigenvalue weighted by Gasteiger charge is 2.17. The van der Waals surface area contributed by atoms with Gasteiger partial charge in [0, 0.05) is 5.39 Å². The van der Waals surface area contributed by atoms with E-state index in [2.05, 4.69) is 15.5 Å². The maximum atomic E-state index is 12.2. The van der Waals surface area contributed by atoms with E-state index < -0.39 is 5.91 Å². The number of nitrogens with one attached hydrogen (secondary N) is 1. The van der Waals surface area contributed by atoms with Crippen LogP contribution in [0.5, 0.6) is 5.88 Å². The van der Waals surface area contributed by atoms with Crippen LogP contribution in [0.1, 0.15) is 11.1 Å². The number of fused-ring (bicyclic) bond motifs is 1. The van der Waals surface area contributed by atoms with Crippen molar-refractivity contribution in [2.45, 2.75) is 13.0 Å². The standard InChI is InChI=1S/C25H22N4O3/c30-22(15-18-9-3-1-4-10-18)26-16-23(31)27-28-24-20-13-7-8-14-21(20)29(25(24)32)17-19-11-5-2-6-12-19/h1-14,32H,15-17H2,(H,26,30). The summed E-state index contributed by atoms with van der Waals surface area (Å²) in [6.45, 7) is 0.185. The zero-order valence-corrected chi connectivity index (χ0v) is 17.3. The van der Waals surface area contributed by atoms with Crippen LogP contribution in [-0.4, -0.2) is 28.0 Å². The molecule has 2 N–H and O–H groups in total. The van der Waals surface area contributed by atoms with Crippen LogP contribution < -0.4 is 5.32 Å². The first-order valence-corrected chi connectivity index (χ1v) is 10.2. The van der Waals surface area contributed by atoms with Crippen molar-refractivity contribution >= 4 is 28.4 Å². The Morgan fingerprint density at radius 2 is 1.47 bits per heavy atom. The molecule has 1 heterocycles. The molecule has 4 aromatic rings. The minimum Gasteiger partial charge on any atom is -0.493 e. The molecular formula is C25H22N4O3. The van der Waals surface area contributed by atoms with Gasteiger partial charge in [-0.25, -0.2) is 0 Å². The number of hydrogen-bond acceptors (Lipinski definition) is 4. The van der Waals surface area contributed by atoms with Crippen LogP contribution in [0.15, 0.2) is 95.2 Å². The van der Waals surface area contributed by atoms with E-state index in [-0.39, 0.29) is 30.4 Å². The first-order valence-electron chi connectivity index (χ1n) is 10.2. The number of aromatic hydroxyl groups is 1. The maximum absolute atomic E-state index is 12.2. The Kier molecular flexibility index (Phi) is 6.36. The smallest absolute Gasteiger partial charge is 0.283 e. The summed E-state index contributed by atoms with van der Waals surface area (Å²) in [7, 11) is 0. The van der Waals surface area contributed by atoms with Crippen LogP contribution in [0.4, 0.5) is 5.69 Å². The summed E-state index contributed by atoms with van der Waals surface area (Å²) in [5.74, 6) is -0.951. The lowest BCUT2D eigenvalue weighted by molar-refractivity contribution is -0.124. The number of nitrogens with zero attached hydrogens (tertiary/aromatic N) is 3. The Bertz CT molecular complexity index is 1260. The molecular weight excluding hydrogens is 404 g/mol. The quantitative estimate of drug-likeness (QED) is 0.430. The van der Waals surface area contributed by atoms with E-state index in [1.165, 1.54) is 0 Å². The summed E-state index contributed by atoms with van der Waals surface area (Å²) >= 11 is 0. The van der Waals surface area contributed by atoms with Crippen molar-refractivity contribution in [1.29, 1.82) is 0 Å². The molecule has 7 heteroatoms. The van der Waals surface area contributed by atoms with Crippen molar-refractivity contribution < 1.29 is 14.7 Å². The fraction of sp³-hybridized carbons (Fsp3) is 0.120. The summed E-state index contributed by atoms with van der Waals surface area (Å²) in [6.07, 6.45) is 0.180. The number of hydrogen-bond donors (Lipinski definition) is 2. The summed E-state index contributed by atoms with van der Waals surface area (Å²) in [5, 5.41) is 21.7. The van der Waals surface area contributed by atoms with Crippen LogP contribution in [0.3, 0.4) is 0 Å². The van der Waals surface area contributed by atoms with E-state index in [9.17, 15) is 14.7 Å². The molecule has 0 saturated carbocycles. The maximum Gasteiger partial charge on any atom is 0.283 e. The minimum absolute atomic E-state index is 0.0697. The number of azo groups is 1. The lowest BCUT2D eigenvalue weighted by Crippen LogP contribution is -2.29.